The Morgan fingerprint density at radius 3 is 2.65 bits per heavy atom. The average Bonchev–Trinajstić information content (AvgIpc) is 2.29. The maximum atomic E-state index is 6.02. The lowest BCUT2D eigenvalue weighted by Gasteiger charge is -2.16. The molecule has 0 radical (unpaired) electrons. The highest BCUT2D eigenvalue weighted by Crippen LogP contribution is 2.21. The molecule has 0 saturated carbocycles. The first kappa shape index (κ1) is 14.0. The van der Waals surface area contributed by atoms with E-state index in [1.807, 2.05) is 0 Å². The molecule has 4 nitrogen and oxygen atoms in total. The summed E-state index contributed by atoms with van der Waals surface area (Å²) in [6, 6.07) is 0.655. The SMILES string of the molecule is COc1ncc(Cl)c(NC(C)CCC(C)C)n1. The van der Waals surface area contributed by atoms with Gasteiger partial charge in [-0.25, -0.2) is 4.98 Å². The van der Waals surface area contributed by atoms with Crippen LogP contribution >= 0.6 is 11.6 Å². The summed E-state index contributed by atoms with van der Waals surface area (Å²) in [6.07, 6.45) is 3.80. The van der Waals surface area contributed by atoms with Crippen molar-refractivity contribution in [3.8, 4) is 6.01 Å². The van der Waals surface area contributed by atoms with E-state index in [1.165, 1.54) is 13.5 Å². The first-order valence-electron chi connectivity index (χ1n) is 5.86. The molecule has 0 amide bonds. The smallest absolute Gasteiger partial charge is 0.318 e. The van der Waals surface area contributed by atoms with Gasteiger partial charge in [0.15, 0.2) is 5.82 Å². The monoisotopic (exact) mass is 257 g/mol. The van der Waals surface area contributed by atoms with Crippen LogP contribution in [0.1, 0.15) is 33.6 Å². The molecule has 0 aromatic carbocycles. The summed E-state index contributed by atoms with van der Waals surface area (Å²) in [4.78, 5) is 8.12. The Morgan fingerprint density at radius 1 is 1.35 bits per heavy atom. The lowest BCUT2D eigenvalue weighted by Crippen LogP contribution is -2.17. The highest BCUT2D eigenvalue weighted by atomic mass is 35.5. The number of aromatic nitrogens is 2. The fraction of sp³-hybridized carbons (Fsp3) is 0.667. The maximum absolute atomic E-state index is 6.02. The van der Waals surface area contributed by atoms with Crippen molar-refractivity contribution < 1.29 is 4.74 Å². The predicted octanol–water partition coefficient (Wildman–Crippen LogP) is 3.38. The summed E-state index contributed by atoms with van der Waals surface area (Å²) in [5.41, 5.74) is 0. The van der Waals surface area contributed by atoms with Gasteiger partial charge in [0.2, 0.25) is 0 Å². The number of hydrogen-bond acceptors (Lipinski definition) is 4. The van der Waals surface area contributed by atoms with E-state index in [9.17, 15) is 0 Å². The second kappa shape index (κ2) is 6.64. The number of nitrogens with one attached hydrogen (secondary N) is 1. The summed E-state index contributed by atoms with van der Waals surface area (Å²) in [5, 5.41) is 3.79. The van der Waals surface area contributed by atoms with Crippen molar-refractivity contribution in [1.82, 2.24) is 9.97 Å². The van der Waals surface area contributed by atoms with Crippen molar-refractivity contribution in [3.05, 3.63) is 11.2 Å². The maximum Gasteiger partial charge on any atom is 0.318 e. The third-order valence-corrected chi connectivity index (χ3v) is 2.74. The Labute approximate surface area is 108 Å². The van der Waals surface area contributed by atoms with Gasteiger partial charge in [-0.3, -0.25) is 0 Å². The normalized spacial score (nSPS) is 12.6. The van der Waals surface area contributed by atoms with Crippen LogP contribution in [0.25, 0.3) is 0 Å². The van der Waals surface area contributed by atoms with Crippen LogP contribution in [0.15, 0.2) is 6.20 Å². The van der Waals surface area contributed by atoms with Gasteiger partial charge in [-0.2, -0.15) is 4.98 Å². The van der Waals surface area contributed by atoms with Gasteiger partial charge in [0, 0.05) is 6.04 Å². The molecular formula is C12H20ClN3O. The Bertz CT molecular complexity index is 358. The van der Waals surface area contributed by atoms with Gasteiger partial charge >= 0.3 is 6.01 Å². The summed E-state index contributed by atoms with van der Waals surface area (Å²) >= 11 is 6.02. The molecule has 17 heavy (non-hydrogen) atoms. The number of ether oxygens (including phenoxy) is 1. The molecule has 1 rings (SSSR count). The molecule has 0 aliphatic heterocycles. The van der Waals surface area contributed by atoms with E-state index in [-0.39, 0.29) is 0 Å². The van der Waals surface area contributed by atoms with Crippen LogP contribution in [0.2, 0.25) is 5.02 Å². The summed E-state index contributed by atoms with van der Waals surface area (Å²) in [6.45, 7) is 6.55. The molecule has 0 bridgehead atoms. The first-order chi connectivity index (χ1) is 8.02. The topological polar surface area (TPSA) is 47.0 Å². The third-order valence-electron chi connectivity index (χ3n) is 2.46. The van der Waals surface area contributed by atoms with Gasteiger partial charge in [-0.05, 0) is 25.7 Å². The van der Waals surface area contributed by atoms with Crippen LogP contribution in [-0.2, 0) is 0 Å². The lowest BCUT2D eigenvalue weighted by atomic mass is 10.0. The van der Waals surface area contributed by atoms with Crippen LogP contribution in [0.5, 0.6) is 6.01 Å². The van der Waals surface area contributed by atoms with E-state index in [2.05, 4.69) is 36.1 Å². The second-order valence-corrected chi connectivity index (χ2v) is 4.98. The van der Waals surface area contributed by atoms with E-state index >= 15 is 0 Å². The number of hydrogen-bond donors (Lipinski definition) is 1. The zero-order chi connectivity index (χ0) is 12.8. The van der Waals surface area contributed by atoms with Gasteiger partial charge < -0.3 is 10.1 Å². The van der Waals surface area contributed by atoms with Gasteiger partial charge in [0.05, 0.1) is 13.3 Å². The van der Waals surface area contributed by atoms with Gasteiger partial charge in [-0.15, -0.1) is 0 Å². The van der Waals surface area contributed by atoms with Crippen molar-refractivity contribution in [2.75, 3.05) is 12.4 Å². The Morgan fingerprint density at radius 2 is 2.06 bits per heavy atom. The van der Waals surface area contributed by atoms with Crippen LogP contribution in [-0.4, -0.2) is 23.1 Å². The largest absolute Gasteiger partial charge is 0.467 e. The van der Waals surface area contributed by atoms with Crippen molar-refractivity contribution in [1.29, 1.82) is 0 Å². The number of anilines is 1. The Hall–Kier alpha value is -1.03. The van der Waals surface area contributed by atoms with Gasteiger partial charge in [0.25, 0.3) is 0 Å². The fourth-order valence-electron chi connectivity index (χ4n) is 1.44. The van der Waals surface area contributed by atoms with Crippen molar-refractivity contribution >= 4 is 17.4 Å². The highest BCUT2D eigenvalue weighted by molar-refractivity contribution is 6.32. The molecule has 1 unspecified atom stereocenters. The highest BCUT2D eigenvalue weighted by Gasteiger charge is 2.09. The molecule has 5 heteroatoms. The molecule has 1 atom stereocenters. The molecular weight excluding hydrogens is 238 g/mol. The molecule has 96 valence electrons. The van der Waals surface area contributed by atoms with E-state index in [1.54, 1.807) is 6.20 Å². The summed E-state index contributed by atoms with van der Waals surface area (Å²) in [7, 11) is 1.54. The van der Waals surface area contributed by atoms with E-state index < -0.39 is 0 Å². The van der Waals surface area contributed by atoms with E-state index in [0.717, 1.165) is 6.42 Å². The minimum Gasteiger partial charge on any atom is -0.467 e. The molecule has 1 N–H and O–H groups in total. The minimum absolute atomic E-state index is 0.327. The zero-order valence-corrected chi connectivity index (χ0v) is 11.6. The summed E-state index contributed by atoms with van der Waals surface area (Å²) < 4.78 is 4.97. The number of rotatable bonds is 6. The molecule has 0 fully saturated rings. The number of methoxy groups -OCH3 is 1. The van der Waals surface area contributed by atoms with E-state index in [4.69, 9.17) is 16.3 Å². The fourth-order valence-corrected chi connectivity index (χ4v) is 1.59. The van der Waals surface area contributed by atoms with Crippen LogP contribution in [0, 0.1) is 5.92 Å². The second-order valence-electron chi connectivity index (χ2n) is 4.57. The molecule has 0 aliphatic rings. The zero-order valence-electron chi connectivity index (χ0n) is 10.8. The Kier molecular flexibility index (Phi) is 5.48. The minimum atomic E-state index is 0.327. The molecule has 0 spiro atoms. The van der Waals surface area contributed by atoms with Crippen molar-refractivity contribution in [3.63, 3.8) is 0 Å². The molecule has 1 aromatic heterocycles. The number of nitrogens with zero attached hydrogens (tertiary/aromatic N) is 2. The first-order valence-corrected chi connectivity index (χ1v) is 6.23. The predicted molar refractivity (Wildman–Crippen MR) is 70.8 cm³/mol. The van der Waals surface area contributed by atoms with Gasteiger partial charge in [-0.1, -0.05) is 25.4 Å². The quantitative estimate of drug-likeness (QED) is 0.849. The average molecular weight is 258 g/mol. The lowest BCUT2D eigenvalue weighted by molar-refractivity contribution is 0.380. The molecule has 0 saturated heterocycles. The van der Waals surface area contributed by atoms with E-state index in [0.29, 0.717) is 28.8 Å². The summed E-state index contributed by atoms with van der Waals surface area (Å²) in [5.74, 6) is 1.34. The van der Waals surface area contributed by atoms with Crippen molar-refractivity contribution in [2.24, 2.45) is 5.92 Å². The van der Waals surface area contributed by atoms with Crippen LogP contribution in [0.4, 0.5) is 5.82 Å². The van der Waals surface area contributed by atoms with Crippen LogP contribution in [0.3, 0.4) is 0 Å². The van der Waals surface area contributed by atoms with Crippen molar-refractivity contribution in [2.45, 2.75) is 39.7 Å². The number of halogens is 1. The standard InChI is InChI=1S/C12H20ClN3O/c1-8(2)5-6-9(3)15-11-10(13)7-14-12(16-11)17-4/h7-9H,5-6H2,1-4H3,(H,14,15,16). The molecule has 0 aliphatic carbocycles. The third kappa shape index (κ3) is 4.77. The molecule has 1 aromatic rings. The van der Waals surface area contributed by atoms with Gasteiger partial charge in [0.1, 0.15) is 5.02 Å². The van der Waals surface area contributed by atoms with Crippen LogP contribution < -0.4 is 10.1 Å². The Balaban J connectivity index is 2.60. The molecule has 1 heterocycles.